The fourth-order valence-corrected chi connectivity index (χ4v) is 2.61. The fraction of sp³-hybridized carbons (Fsp3) is 0.118. The molecule has 106 valence electrons. The first kappa shape index (κ1) is 13.2. The van der Waals surface area contributed by atoms with Gasteiger partial charge in [0.05, 0.1) is 7.11 Å². The summed E-state index contributed by atoms with van der Waals surface area (Å²) in [6, 6.07) is 15.4. The van der Waals surface area contributed by atoms with Crippen molar-refractivity contribution in [2.45, 2.75) is 0 Å². The van der Waals surface area contributed by atoms with Gasteiger partial charge in [0.15, 0.2) is 0 Å². The van der Waals surface area contributed by atoms with Crippen molar-refractivity contribution in [1.29, 1.82) is 0 Å². The number of rotatable bonds is 3. The van der Waals surface area contributed by atoms with Crippen LogP contribution in [0.25, 0.3) is 22.0 Å². The highest BCUT2D eigenvalue weighted by Crippen LogP contribution is 2.32. The van der Waals surface area contributed by atoms with Gasteiger partial charge in [-0.25, -0.2) is 4.79 Å². The molecule has 2 aromatic carbocycles. The Morgan fingerprint density at radius 2 is 1.90 bits per heavy atom. The minimum absolute atomic E-state index is 0.280. The first-order valence-corrected chi connectivity index (χ1v) is 6.58. The molecule has 0 fully saturated rings. The molecule has 0 saturated carbocycles. The standard InChI is InChI=1S/C17H15NO3/c1-18-14-8-7-11(9-12(14)10-15(18)17(19)20)13-5-3-4-6-16(13)21-2/h3-10H,1-2H3,(H,19,20). The van der Waals surface area contributed by atoms with Crippen molar-refractivity contribution in [3.8, 4) is 16.9 Å². The summed E-state index contributed by atoms with van der Waals surface area (Å²) in [4.78, 5) is 11.2. The van der Waals surface area contributed by atoms with Gasteiger partial charge in [-0.3, -0.25) is 0 Å². The summed E-state index contributed by atoms with van der Waals surface area (Å²) in [7, 11) is 3.40. The van der Waals surface area contributed by atoms with Crippen LogP contribution in [0.1, 0.15) is 10.5 Å². The molecule has 0 aliphatic carbocycles. The number of fused-ring (bicyclic) bond motifs is 1. The molecular weight excluding hydrogens is 266 g/mol. The molecule has 1 aromatic heterocycles. The molecule has 3 rings (SSSR count). The molecule has 1 heterocycles. The third-order valence-corrected chi connectivity index (χ3v) is 3.68. The molecule has 0 atom stereocenters. The zero-order valence-corrected chi connectivity index (χ0v) is 11.8. The normalized spacial score (nSPS) is 10.8. The van der Waals surface area contributed by atoms with E-state index in [4.69, 9.17) is 4.74 Å². The highest BCUT2D eigenvalue weighted by molar-refractivity contribution is 5.96. The van der Waals surface area contributed by atoms with Gasteiger partial charge in [-0.05, 0) is 29.8 Å². The van der Waals surface area contributed by atoms with Crippen LogP contribution in [0.2, 0.25) is 0 Å². The number of aromatic nitrogens is 1. The van der Waals surface area contributed by atoms with E-state index in [0.717, 1.165) is 27.8 Å². The molecule has 0 aliphatic heterocycles. The number of carboxylic acids is 1. The quantitative estimate of drug-likeness (QED) is 0.798. The van der Waals surface area contributed by atoms with Crippen molar-refractivity contribution < 1.29 is 14.6 Å². The maximum atomic E-state index is 11.2. The minimum atomic E-state index is -0.924. The van der Waals surface area contributed by atoms with Gasteiger partial charge >= 0.3 is 5.97 Å². The van der Waals surface area contributed by atoms with E-state index in [0.29, 0.717) is 0 Å². The van der Waals surface area contributed by atoms with Crippen molar-refractivity contribution in [2.24, 2.45) is 7.05 Å². The fourth-order valence-electron chi connectivity index (χ4n) is 2.61. The number of ether oxygens (including phenoxy) is 1. The first-order valence-electron chi connectivity index (χ1n) is 6.58. The van der Waals surface area contributed by atoms with Crippen LogP contribution in [0.15, 0.2) is 48.5 Å². The van der Waals surface area contributed by atoms with Crippen LogP contribution in [-0.4, -0.2) is 22.8 Å². The average molecular weight is 281 g/mol. The second-order valence-corrected chi connectivity index (χ2v) is 4.87. The molecule has 1 N–H and O–H groups in total. The van der Waals surface area contributed by atoms with E-state index >= 15 is 0 Å². The van der Waals surface area contributed by atoms with Gasteiger partial charge in [-0.2, -0.15) is 0 Å². The van der Waals surface area contributed by atoms with Crippen molar-refractivity contribution >= 4 is 16.9 Å². The second-order valence-electron chi connectivity index (χ2n) is 4.87. The molecule has 4 heteroatoms. The highest BCUT2D eigenvalue weighted by atomic mass is 16.5. The number of methoxy groups -OCH3 is 1. The summed E-state index contributed by atoms with van der Waals surface area (Å²) in [6.45, 7) is 0. The number of para-hydroxylation sites is 1. The van der Waals surface area contributed by atoms with E-state index in [1.165, 1.54) is 0 Å². The summed E-state index contributed by atoms with van der Waals surface area (Å²) in [5.41, 5.74) is 3.17. The monoisotopic (exact) mass is 281 g/mol. The molecule has 0 amide bonds. The Kier molecular flexibility index (Phi) is 3.14. The summed E-state index contributed by atoms with van der Waals surface area (Å²) in [5, 5.41) is 10.1. The lowest BCUT2D eigenvalue weighted by Crippen LogP contribution is -2.03. The Hall–Kier alpha value is -2.75. The van der Waals surface area contributed by atoms with E-state index in [-0.39, 0.29) is 5.69 Å². The molecule has 0 aliphatic rings. The number of hydrogen-bond donors (Lipinski definition) is 1. The molecule has 0 bridgehead atoms. The van der Waals surface area contributed by atoms with Crippen LogP contribution in [-0.2, 0) is 7.05 Å². The van der Waals surface area contributed by atoms with Gasteiger partial charge in [0.1, 0.15) is 11.4 Å². The predicted octanol–water partition coefficient (Wildman–Crippen LogP) is 3.55. The van der Waals surface area contributed by atoms with E-state index < -0.39 is 5.97 Å². The predicted molar refractivity (Wildman–Crippen MR) is 81.9 cm³/mol. The molecule has 0 saturated heterocycles. The van der Waals surface area contributed by atoms with Crippen LogP contribution in [0.4, 0.5) is 0 Å². The molecule has 21 heavy (non-hydrogen) atoms. The maximum Gasteiger partial charge on any atom is 0.352 e. The van der Waals surface area contributed by atoms with E-state index in [9.17, 15) is 9.90 Å². The molecule has 3 aromatic rings. The van der Waals surface area contributed by atoms with Crippen molar-refractivity contribution in [3.05, 3.63) is 54.2 Å². The molecule has 4 nitrogen and oxygen atoms in total. The smallest absolute Gasteiger partial charge is 0.352 e. The Balaban J connectivity index is 2.20. The number of carboxylic acid groups (broad SMARTS) is 1. The topological polar surface area (TPSA) is 51.5 Å². The Bertz CT molecular complexity index is 833. The van der Waals surface area contributed by atoms with Gasteiger partial charge < -0.3 is 14.4 Å². The SMILES string of the molecule is COc1ccccc1-c1ccc2c(c1)cc(C(=O)O)n2C. The Morgan fingerprint density at radius 3 is 2.62 bits per heavy atom. The Labute approximate surface area is 122 Å². The lowest BCUT2D eigenvalue weighted by Gasteiger charge is -2.08. The summed E-state index contributed by atoms with van der Waals surface area (Å²) < 4.78 is 7.06. The zero-order valence-electron chi connectivity index (χ0n) is 11.8. The van der Waals surface area contributed by atoms with Crippen molar-refractivity contribution in [2.75, 3.05) is 7.11 Å². The third-order valence-electron chi connectivity index (χ3n) is 3.68. The molecule has 0 spiro atoms. The summed E-state index contributed by atoms with van der Waals surface area (Å²) >= 11 is 0. The van der Waals surface area contributed by atoms with Crippen molar-refractivity contribution in [3.63, 3.8) is 0 Å². The number of benzene rings is 2. The van der Waals surface area contributed by atoms with Gasteiger partial charge in [-0.15, -0.1) is 0 Å². The molecular formula is C17H15NO3. The zero-order chi connectivity index (χ0) is 15.0. The largest absolute Gasteiger partial charge is 0.496 e. The van der Waals surface area contributed by atoms with Crippen LogP contribution >= 0.6 is 0 Å². The lowest BCUT2D eigenvalue weighted by atomic mass is 10.0. The van der Waals surface area contributed by atoms with Crippen LogP contribution in [0.5, 0.6) is 5.75 Å². The second kappa shape index (κ2) is 4.98. The minimum Gasteiger partial charge on any atom is -0.496 e. The lowest BCUT2D eigenvalue weighted by molar-refractivity contribution is 0.0687. The number of hydrogen-bond acceptors (Lipinski definition) is 2. The van der Waals surface area contributed by atoms with Gasteiger partial charge in [-0.1, -0.05) is 24.3 Å². The number of nitrogens with zero attached hydrogens (tertiary/aromatic N) is 1. The first-order chi connectivity index (χ1) is 10.1. The number of carbonyl (C=O) groups is 1. The third kappa shape index (κ3) is 2.14. The van der Waals surface area contributed by atoms with Crippen LogP contribution < -0.4 is 4.74 Å². The maximum absolute atomic E-state index is 11.2. The van der Waals surface area contributed by atoms with Crippen LogP contribution in [0, 0.1) is 0 Å². The van der Waals surface area contributed by atoms with Crippen molar-refractivity contribution in [1.82, 2.24) is 4.57 Å². The van der Waals surface area contributed by atoms with Gasteiger partial charge in [0.2, 0.25) is 0 Å². The summed E-state index contributed by atoms with van der Waals surface area (Å²) in [6.07, 6.45) is 0. The van der Waals surface area contributed by atoms with E-state index in [1.807, 2.05) is 42.5 Å². The average Bonchev–Trinajstić information content (AvgIpc) is 2.84. The van der Waals surface area contributed by atoms with Gasteiger partial charge in [0, 0.05) is 23.5 Å². The number of aryl methyl sites for hydroxylation is 1. The Morgan fingerprint density at radius 1 is 1.14 bits per heavy atom. The summed E-state index contributed by atoms with van der Waals surface area (Å²) in [5.74, 6) is -0.126. The van der Waals surface area contributed by atoms with E-state index in [1.54, 1.807) is 24.8 Å². The van der Waals surface area contributed by atoms with Crippen LogP contribution in [0.3, 0.4) is 0 Å². The number of aromatic carboxylic acids is 1. The molecule has 0 radical (unpaired) electrons. The molecule has 0 unspecified atom stereocenters. The van der Waals surface area contributed by atoms with E-state index in [2.05, 4.69) is 0 Å². The highest BCUT2D eigenvalue weighted by Gasteiger charge is 2.13. The van der Waals surface area contributed by atoms with Gasteiger partial charge in [0.25, 0.3) is 0 Å².